The standard InChI is InChI=1S/C41H49F10IN5O10P.C39H44F10IN5O7.2CH4/c1-38(2,40(46,47)48)27(19-33(59)63-5)35(60)55-56(20-26-28(42)16-23(17-29(26)43)30-13-14-57(54-30)36(44)45)21-32(67-68(62,65-7)66-8)24(15-22-9-11-25(52)12-10-22)18-31(58)34(53-37(61)64-6)39(3,4)41(49,50)51;1-36(2,38(44,45)46)25(17-31(58)61-5)33(59)53-54(18-24-26(40)14-21(15-27(24)41)28-11-12-55(52-28)34(42)43)19-30(57)22(13-20-7-9-23(50)10-8-20)16-29(56)32(51-35(60)62-6)37(3,4)39(47,48)49;;/h9-14,16-17,24,27,32,34,36H,15,18-21H2,1-8H3,(H,53,61)(H,55,60);7-12,14-15,22,25,30,32,34,57H,13,16-19H2,1-6H3,(H,51,60)(H,53,59);2*1H4/t24-,27-,32+,34-;22-,25-,30+,32-;;/m11../s1. The normalized spacial score (nSPS) is 14.4. The molecule has 27 nitrogen and oxygen atoms in total. The third kappa shape index (κ3) is 31.3. The maximum absolute atomic E-state index is 16.1. The lowest BCUT2D eigenvalue weighted by Crippen LogP contribution is -2.57. The van der Waals surface area contributed by atoms with Crippen LogP contribution >= 0.6 is 53.0 Å². The summed E-state index contributed by atoms with van der Waals surface area (Å²) in [5.74, 6) is -21.5. The molecule has 0 saturated heterocycles. The van der Waals surface area contributed by atoms with Crippen LogP contribution in [0.3, 0.4) is 0 Å². The highest BCUT2D eigenvalue weighted by Gasteiger charge is 2.60. The van der Waals surface area contributed by atoms with Crippen molar-refractivity contribution in [2.24, 2.45) is 45.3 Å². The van der Waals surface area contributed by atoms with Gasteiger partial charge in [0.1, 0.15) is 35.4 Å². The predicted molar refractivity (Wildman–Crippen MR) is 451 cm³/mol. The number of nitrogens with zero attached hydrogens (tertiary/aromatic N) is 6. The molecule has 0 fully saturated rings. The molecule has 5 N–H and O–H groups in total. The molecule has 4 aromatic carbocycles. The lowest BCUT2D eigenvalue weighted by molar-refractivity contribution is -0.231. The molecule has 6 aromatic rings. The van der Waals surface area contributed by atoms with Crippen LogP contribution in [0.15, 0.2) is 97.3 Å². The molecule has 0 radical (unpaired) electrons. The third-order valence-corrected chi connectivity index (χ3v) is 24.4. The van der Waals surface area contributed by atoms with Gasteiger partial charge >= 0.3 is 69.8 Å². The number of alkyl halides is 16. The quantitative estimate of drug-likeness (QED) is 0.00593. The molecule has 6 rings (SSSR count). The van der Waals surface area contributed by atoms with Crippen LogP contribution in [0.5, 0.6) is 0 Å². The fourth-order valence-corrected chi connectivity index (χ4v) is 14.5. The van der Waals surface area contributed by atoms with E-state index in [0.29, 0.717) is 104 Å². The van der Waals surface area contributed by atoms with Gasteiger partial charge in [-0.2, -0.15) is 80.4 Å². The third-order valence-electron chi connectivity index (χ3n) is 21.5. The van der Waals surface area contributed by atoms with Crippen molar-refractivity contribution >= 4 is 101 Å². The lowest BCUT2D eigenvalue weighted by atomic mass is 9.75. The maximum atomic E-state index is 16.1. The second-order valence-corrected chi connectivity index (χ2v) is 36.0. The van der Waals surface area contributed by atoms with Crippen LogP contribution in [-0.2, 0) is 91.8 Å². The van der Waals surface area contributed by atoms with Crippen molar-refractivity contribution in [2.75, 3.05) is 55.7 Å². The first-order valence-electron chi connectivity index (χ1n) is 38.3. The Morgan fingerprint density at radius 3 is 1.06 bits per heavy atom. The Morgan fingerprint density at radius 2 is 0.773 bits per heavy atom. The zero-order chi connectivity index (χ0) is 98.9. The van der Waals surface area contributed by atoms with Crippen LogP contribution in [0.1, 0.15) is 131 Å². The van der Waals surface area contributed by atoms with Gasteiger partial charge in [-0.15, -0.1) is 0 Å². The number of hydrogen-bond acceptors (Lipinski definition) is 21. The van der Waals surface area contributed by atoms with Crippen LogP contribution in [0.4, 0.5) is 97.4 Å². The van der Waals surface area contributed by atoms with E-state index in [1.807, 2.05) is 55.8 Å². The highest BCUT2D eigenvalue weighted by atomic mass is 127. The van der Waals surface area contributed by atoms with Gasteiger partial charge in [0.15, 0.2) is 11.6 Å². The van der Waals surface area contributed by atoms with Crippen LogP contribution in [0.2, 0.25) is 0 Å². The van der Waals surface area contributed by atoms with Gasteiger partial charge in [-0.1, -0.05) is 66.8 Å². The number of carbonyl (C=O) groups excluding carboxylic acids is 8. The predicted octanol–water partition coefficient (Wildman–Crippen LogP) is 18.5. The van der Waals surface area contributed by atoms with Crippen LogP contribution in [0.25, 0.3) is 22.5 Å². The second-order valence-electron chi connectivity index (χ2n) is 31.7. The summed E-state index contributed by atoms with van der Waals surface area (Å²) in [6, 6.07) is 12.7. The summed E-state index contributed by atoms with van der Waals surface area (Å²) in [7, 11) is 0.206. The van der Waals surface area contributed by atoms with Crippen molar-refractivity contribution in [3.05, 3.63) is 150 Å². The number of hydrogen-bond donors (Lipinski definition) is 5. The SMILES string of the molecule is C.C.COC(=O)C[C@H](C(=O)NN(Cc1c(F)cc(-c2ccn(C(F)F)n2)cc1F)C[C@H](O)[C@@H](CC(=O)[C@@H](NC(=O)OC)C(C)(C)C(F)(F)F)Cc1ccc(I)cc1)C(C)(C)C(F)(F)F.COC(=O)C[C@H](C(=O)NN(Cc1c(F)cc(-c2ccn(C(F)F)n2)cc1F)C[C@H](OP(=O)(OC)OC)[C@@H](CC(=O)[C@@H](NC(=O)OC)C(C)(C)C(F)(F)F)Cc1ccc(I)cc1)C(C)(C)C(F)(F)F. The summed E-state index contributed by atoms with van der Waals surface area (Å²) >= 11 is 3.93. The van der Waals surface area contributed by atoms with Crippen molar-refractivity contribution in [1.82, 2.24) is 51.1 Å². The van der Waals surface area contributed by atoms with E-state index < -0.39 is 249 Å². The highest BCUT2D eigenvalue weighted by molar-refractivity contribution is 14.1. The number of Topliss-reactive ketones (excluding diaryl/α,β-unsaturated/α-hetero) is 2. The first-order chi connectivity index (χ1) is 59.9. The van der Waals surface area contributed by atoms with Gasteiger partial charge in [-0.3, -0.25) is 53.2 Å². The molecule has 2 heterocycles. The summed E-state index contributed by atoms with van der Waals surface area (Å²) in [5, 5.41) is 23.9. The number of methoxy groups -OCH3 is 4. The number of ketones is 2. The smallest absolute Gasteiger partial charge is 0.469 e. The number of hydrazine groups is 2. The first-order valence-corrected chi connectivity index (χ1v) is 42.0. The second kappa shape index (κ2) is 48.5. The number of carbonyl (C=O) groups is 8. The number of amides is 4. The Kier molecular flexibility index (Phi) is 43.1. The number of halogens is 22. The molecule has 4 amide bonds. The van der Waals surface area contributed by atoms with Gasteiger partial charge in [0.2, 0.25) is 11.8 Å². The fourth-order valence-electron chi connectivity index (χ4n) is 12.9. The lowest BCUT2D eigenvalue weighted by Gasteiger charge is -2.38. The minimum atomic E-state index is -5.19. The molecule has 0 unspecified atom stereocenters. The van der Waals surface area contributed by atoms with E-state index in [4.69, 9.17) is 13.6 Å². The Morgan fingerprint density at radius 1 is 0.462 bits per heavy atom. The van der Waals surface area contributed by atoms with Gasteiger partial charge in [-0.05, 0) is 169 Å². The molecule has 0 aliphatic heterocycles. The Labute approximate surface area is 773 Å². The number of phosphoric ester groups is 1. The maximum Gasteiger partial charge on any atom is 0.474 e. The zero-order valence-corrected chi connectivity index (χ0v) is 76.7. The molecule has 0 spiro atoms. The van der Waals surface area contributed by atoms with Crippen molar-refractivity contribution in [3.8, 4) is 22.5 Å². The molecule has 0 aliphatic rings. The molecule has 132 heavy (non-hydrogen) atoms. The van der Waals surface area contributed by atoms with Crippen molar-refractivity contribution in [1.29, 1.82) is 0 Å². The van der Waals surface area contributed by atoms with Crippen LogP contribution in [-0.4, -0.2) is 187 Å². The Bertz CT molecular complexity index is 4870. The number of alkyl carbamates (subject to hydrolysis) is 2. The summed E-state index contributed by atoms with van der Waals surface area (Å²) in [6.45, 7) is -5.62. The average molecular weight is 2160 g/mol. The van der Waals surface area contributed by atoms with Gasteiger partial charge in [0.05, 0.1) is 98.4 Å². The van der Waals surface area contributed by atoms with Crippen molar-refractivity contribution < 1.29 is 168 Å². The zero-order valence-electron chi connectivity index (χ0n) is 71.5. The number of aliphatic hydroxyl groups excluding tert-OH is 1. The number of esters is 2. The van der Waals surface area contributed by atoms with Gasteiger partial charge < -0.3 is 34.7 Å². The van der Waals surface area contributed by atoms with E-state index in [-0.39, 0.29) is 59.6 Å². The summed E-state index contributed by atoms with van der Waals surface area (Å²) in [4.78, 5) is 105. The van der Waals surface area contributed by atoms with Crippen molar-refractivity contribution in [3.63, 3.8) is 0 Å². The molecular formula is C82H101F20I2N10O17P. The summed E-state index contributed by atoms with van der Waals surface area (Å²) < 4.78 is 339. The number of phosphoric acid groups is 1. The minimum Gasteiger partial charge on any atom is -0.469 e. The number of rotatable bonds is 42. The number of nitrogens with one attached hydrogen (secondary N) is 4. The molecule has 0 aliphatic carbocycles. The molecule has 0 saturated carbocycles. The van der Waals surface area contributed by atoms with Crippen LogP contribution in [0, 0.1) is 75.7 Å². The van der Waals surface area contributed by atoms with E-state index in [1.165, 1.54) is 12.1 Å². The van der Waals surface area contributed by atoms with Gasteiger partial charge in [0, 0.05) is 95.0 Å². The molecule has 2 aromatic heterocycles. The number of aliphatic hydroxyl groups is 1. The van der Waals surface area contributed by atoms with E-state index in [0.717, 1.165) is 70.8 Å². The molecule has 50 heteroatoms. The molecule has 0 bridgehead atoms. The van der Waals surface area contributed by atoms with Crippen LogP contribution < -0.4 is 21.5 Å². The summed E-state index contributed by atoms with van der Waals surface area (Å²) in [6.07, 6.45) is -30.6. The van der Waals surface area contributed by atoms with E-state index in [2.05, 4.69) is 40.0 Å². The highest BCUT2D eigenvalue weighted by Crippen LogP contribution is 2.52. The summed E-state index contributed by atoms with van der Waals surface area (Å²) in [5.41, 5.74) is -10.1. The number of aromatic nitrogens is 4. The average Bonchev–Trinajstić information content (AvgIpc) is 1.02. The van der Waals surface area contributed by atoms with E-state index in [1.54, 1.807) is 36.4 Å². The topological polar surface area (TPSA) is 329 Å². The number of benzene rings is 4. The Hall–Kier alpha value is -8.89. The monoisotopic (exact) mass is 2160 g/mol. The van der Waals surface area contributed by atoms with Gasteiger partial charge in [0.25, 0.3) is 0 Å². The Balaban J connectivity index is 0.000000673. The number of ether oxygens (including phenoxy) is 4. The largest absolute Gasteiger partial charge is 0.474 e. The molecule has 8 atom stereocenters. The van der Waals surface area contributed by atoms with Gasteiger partial charge in [-0.25, -0.2) is 51.1 Å². The fraction of sp³-hybridized carbons (Fsp3) is 0.537. The minimum absolute atomic E-state index is 0. The van der Waals surface area contributed by atoms with Crippen molar-refractivity contribution in [2.45, 2.75) is 184 Å². The molecular weight excluding hydrogens is 2060 g/mol. The first kappa shape index (κ1) is 117. The molecule has 740 valence electrons. The van der Waals surface area contributed by atoms with E-state index >= 15 is 17.6 Å². The van der Waals surface area contributed by atoms with E-state index in [9.17, 15) is 118 Å².